The maximum Gasteiger partial charge on any atom is 0.303 e. The van der Waals surface area contributed by atoms with Crippen LogP contribution < -0.4 is 5.32 Å². The van der Waals surface area contributed by atoms with Gasteiger partial charge >= 0.3 is 5.97 Å². The van der Waals surface area contributed by atoms with Crippen molar-refractivity contribution in [3.8, 4) is 0 Å². The van der Waals surface area contributed by atoms with E-state index in [1.54, 1.807) is 0 Å². The van der Waals surface area contributed by atoms with Crippen LogP contribution in [-0.4, -0.2) is 23.5 Å². The second-order valence-electron chi connectivity index (χ2n) is 6.47. The summed E-state index contributed by atoms with van der Waals surface area (Å²) in [5, 5.41) is 11.9. The zero-order valence-corrected chi connectivity index (χ0v) is 13.6. The molecule has 0 aromatic carbocycles. The van der Waals surface area contributed by atoms with Gasteiger partial charge in [-0.1, -0.05) is 39.5 Å². The Labute approximate surface area is 128 Å². The van der Waals surface area contributed by atoms with Gasteiger partial charge in [0.2, 0.25) is 5.91 Å². The highest BCUT2D eigenvalue weighted by Crippen LogP contribution is 2.41. The van der Waals surface area contributed by atoms with Crippen molar-refractivity contribution in [2.45, 2.75) is 78.1 Å². The topological polar surface area (TPSA) is 66.4 Å². The van der Waals surface area contributed by atoms with Gasteiger partial charge in [0.05, 0.1) is 0 Å². The molecule has 1 saturated carbocycles. The summed E-state index contributed by atoms with van der Waals surface area (Å²) < 4.78 is 0. The Morgan fingerprint density at radius 2 is 1.81 bits per heavy atom. The smallest absolute Gasteiger partial charge is 0.303 e. The van der Waals surface area contributed by atoms with Crippen molar-refractivity contribution in [2.75, 3.05) is 6.54 Å². The van der Waals surface area contributed by atoms with Crippen LogP contribution in [0.2, 0.25) is 0 Å². The molecular formula is C17H31NO3. The van der Waals surface area contributed by atoms with Gasteiger partial charge in [-0.3, -0.25) is 9.59 Å². The van der Waals surface area contributed by atoms with Crippen LogP contribution in [0.1, 0.15) is 78.1 Å². The number of carbonyl (C=O) groups is 2. The van der Waals surface area contributed by atoms with Crippen LogP contribution in [-0.2, 0) is 9.59 Å². The molecule has 4 nitrogen and oxygen atoms in total. The van der Waals surface area contributed by atoms with Crippen LogP contribution in [0.3, 0.4) is 0 Å². The van der Waals surface area contributed by atoms with Crippen molar-refractivity contribution in [2.24, 2.45) is 11.3 Å². The predicted molar refractivity (Wildman–Crippen MR) is 84.1 cm³/mol. The number of hydrogen-bond donors (Lipinski definition) is 2. The van der Waals surface area contributed by atoms with Gasteiger partial charge in [-0.25, -0.2) is 0 Å². The number of hydrogen-bond acceptors (Lipinski definition) is 2. The molecular weight excluding hydrogens is 266 g/mol. The fourth-order valence-electron chi connectivity index (χ4n) is 3.54. The van der Waals surface area contributed by atoms with Crippen molar-refractivity contribution < 1.29 is 14.7 Å². The SMILES string of the molecule is CCCC(CCNC(=O)C1(CC)CCCC1)CCC(=O)O. The molecule has 0 saturated heterocycles. The third-order valence-electron chi connectivity index (χ3n) is 5.02. The molecule has 1 aliphatic carbocycles. The van der Waals surface area contributed by atoms with Crippen LogP contribution in [0.15, 0.2) is 0 Å². The average Bonchev–Trinajstić information content (AvgIpc) is 2.94. The zero-order chi connectivity index (χ0) is 15.7. The summed E-state index contributed by atoms with van der Waals surface area (Å²) in [6.45, 7) is 4.92. The third kappa shape index (κ3) is 5.68. The van der Waals surface area contributed by atoms with E-state index in [2.05, 4.69) is 19.2 Å². The number of aliphatic carboxylic acids is 1. The molecule has 0 spiro atoms. The summed E-state index contributed by atoms with van der Waals surface area (Å²) in [5.74, 6) is -0.0976. The molecule has 1 amide bonds. The summed E-state index contributed by atoms with van der Waals surface area (Å²) in [5.41, 5.74) is -0.124. The highest BCUT2D eigenvalue weighted by atomic mass is 16.4. The average molecular weight is 297 g/mol. The molecule has 0 aromatic heterocycles. The predicted octanol–water partition coefficient (Wildman–Crippen LogP) is 3.74. The molecule has 0 aromatic rings. The van der Waals surface area contributed by atoms with E-state index in [4.69, 9.17) is 5.11 Å². The van der Waals surface area contributed by atoms with Gasteiger partial charge in [0, 0.05) is 18.4 Å². The molecule has 1 fully saturated rings. The molecule has 0 heterocycles. The van der Waals surface area contributed by atoms with Crippen molar-refractivity contribution in [1.29, 1.82) is 0 Å². The van der Waals surface area contributed by atoms with Crippen molar-refractivity contribution in [1.82, 2.24) is 5.32 Å². The van der Waals surface area contributed by atoms with Gasteiger partial charge in [0.15, 0.2) is 0 Å². The lowest BCUT2D eigenvalue weighted by Gasteiger charge is -2.26. The largest absolute Gasteiger partial charge is 0.481 e. The quantitative estimate of drug-likeness (QED) is 0.645. The second-order valence-corrected chi connectivity index (χ2v) is 6.47. The Kier molecular flexibility index (Phi) is 7.76. The summed E-state index contributed by atoms with van der Waals surface area (Å²) in [7, 11) is 0. The molecule has 1 atom stereocenters. The maximum atomic E-state index is 12.4. The van der Waals surface area contributed by atoms with E-state index in [0.29, 0.717) is 12.5 Å². The number of carboxylic acids is 1. The molecule has 4 heteroatoms. The highest BCUT2D eigenvalue weighted by Gasteiger charge is 2.38. The number of carbonyl (C=O) groups excluding carboxylic acids is 1. The van der Waals surface area contributed by atoms with Gasteiger partial charge in [-0.05, 0) is 38.0 Å². The minimum Gasteiger partial charge on any atom is -0.481 e. The summed E-state index contributed by atoms with van der Waals surface area (Å²) in [6.07, 6.45) is 9.26. The van der Waals surface area contributed by atoms with Crippen LogP contribution in [0.4, 0.5) is 0 Å². The lowest BCUT2D eigenvalue weighted by atomic mass is 9.82. The van der Waals surface area contributed by atoms with E-state index in [0.717, 1.165) is 44.9 Å². The normalized spacial score (nSPS) is 18.4. The fraction of sp³-hybridized carbons (Fsp3) is 0.882. The number of nitrogens with one attached hydrogen (secondary N) is 1. The Morgan fingerprint density at radius 3 is 2.33 bits per heavy atom. The Balaban J connectivity index is 2.35. The first kappa shape index (κ1) is 18.0. The standard InChI is InChI=1S/C17H31NO3/c1-3-7-14(8-9-15(19)20)10-13-18-16(21)17(4-2)11-5-6-12-17/h14H,3-13H2,1-2H3,(H,18,21)(H,19,20). The molecule has 0 radical (unpaired) electrons. The van der Waals surface area contributed by atoms with Gasteiger partial charge in [-0.15, -0.1) is 0 Å². The molecule has 2 N–H and O–H groups in total. The summed E-state index contributed by atoms with van der Waals surface area (Å²) in [6, 6.07) is 0. The van der Waals surface area contributed by atoms with Crippen LogP contribution in [0.25, 0.3) is 0 Å². The van der Waals surface area contributed by atoms with Gasteiger partial charge in [0.1, 0.15) is 0 Å². The van der Waals surface area contributed by atoms with E-state index >= 15 is 0 Å². The molecule has 0 aliphatic heterocycles. The van der Waals surface area contributed by atoms with Gasteiger partial charge in [-0.2, -0.15) is 0 Å². The first-order valence-corrected chi connectivity index (χ1v) is 8.54. The highest BCUT2D eigenvalue weighted by molar-refractivity contribution is 5.82. The lowest BCUT2D eigenvalue weighted by Crippen LogP contribution is -2.39. The summed E-state index contributed by atoms with van der Waals surface area (Å²) >= 11 is 0. The van der Waals surface area contributed by atoms with Crippen LogP contribution in [0, 0.1) is 11.3 Å². The van der Waals surface area contributed by atoms with E-state index in [1.165, 1.54) is 12.8 Å². The Bertz CT molecular complexity index is 335. The van der Waals surface area contributed by atoms with E-state index in [9.17, 15) is 9.59 Å². The minimum atomic E-state index is -0.726. The van der Waals surface area contributed by atoms with Gasteiger partial charge in [0.25, 0.3) is 0 Å². The van der Waals surface area contributed by atoms with Crippen molar-refractivity contribution >= 4 is 11.9 Å². The van der Waals surface area contributed by atoms with Crippen LogP contribution in [0.5, 0.6) is 0 Å². The maximum absolute atomic E-state index is 12.4. The Morgan fingerprint density at radius 1 is 1.14 bits per heavy atom. The second kappa shape index (κ2) is 9.06. The number of rotatable bonds is 10. The first-order valence-electron chi connectivity index (χ1n) is 8.54. The molecule has 0 bridgehead atoms. The van der Waals surface area contributed by atoms with E-state index < -0.39 is 5.97 Å². The first-order chi connectivity index (χ1) is 10.0. The van der Waals surface area contributed by atoms with E-state index in [1.807, 2.05) is 0 Å². The van der Waals surface area contributed by atoms with Crippen molar-refractivity contribution in [3.05, 3.63) is 0 Å². The molecule has 21 heavy (non-hydrogen) atoms. The van der Waals surface area contributed by atoms with Crippen LogP contribution >= 0.6 is 0 Å². The fourth-order valence-corrected chi connectivity index (χ4v) is 3.54. The third-order valence-corrected chi connectivity index (χ3v) is 5.02. The Hall–Kier alpha value is -1.06. The number of amides is 1. The molecule has 1 rings (SSSR count). The summed E-state index contributed by atoms with van der Waals surface area (Å²) in [4.78, 5) is 23.1. The monoisotopic (exact) mass is 297 g/mol. The molecule has 1 aliphatic rings. The lowest BCUT2D eigenvalue weighted by molar-refractivity contribution is -0.137. The molecule has 1 unspecified atom stereocenters. The molecule has 122 valence electrons. The van der Waals surface area contributed by atoms with E-state index in [-0.39, 0.29) is 17.7 Å². The van der Waals surface area contributed by atoms with Gasteiger partial charge < -0.3 is 10.4 Å². The van der Waals surface area contributed by atoms with Crippen molar-refractivity contribution in [3.63, 3.8) is 0 Å². The minimum absolute atomic E-state index is 0.124. The zero-order valence-electron chi connectivity index (χ0n) is 13.6. The number of carboxylic acid groups (broad SMARTS) is 1.